The molecule has 5 nitrogen and oxygen atoms in total. The zero-order valence-corrected chi connectivity index (χ0v) is 14.6. The first kappa shape index (κ1) is 15.7. The number of hydrogen-bond acceptors (Lipinski definition) is 4. The molecular formula is C17H14IN3O2. The molecule has 0 aliphatic heterocycles. The highest BCUT2D eigenvalue weighted by atomic mass is 127. The van der Waals surface area contributed by atoms with Crippen LogP contribution in [0.1, 0.15) is 21.8 Å². The number of aromatic nitrogens is 2. The maximum Gasteiger partial charge on any atom is 0.252 e. The van der Waals surface area contributed by atoms with Gasteiger partial charge in [0.2, 0.25) is 11.7 Å². The summed E-state index contributed by atoms with van der Waals surface area (Å²) in [5.74, 6) is 0.730. The third-order valence-electron chi connectivity index (χ3n) is 3.30. The van der Waals surface area contributed by atoms with Gasteiger partial charge in [-0.05, 0) is 41.6 Å². The van der Waals surface area contributed by atoms with Crippen LogP contribution >= 0.6 is 22.6 Å². The fraction of sp³-hybridized carbons (Fsp3) is 0.118. The highest BCUT2D eigenvalue weighted by Crippen LogP contribution is 2.16. The van der Waals surface area contributed by atoms with Crippen molar-refractivity contribution in [2.75, 3.05) is 0 Å². The first-order valence-corrected chi connectivity index (χ1v) is 8.14. The minimum Gasteiger partial charge on any atom is -0.343 e. The first-order chi connectivity index (χ1) is 11.1. The zero-order valence-electron chi connectivity index (χ0n) is 12.4. The fourth-order valence-electron chi connectivity index (χ4n) is 2.04. The van der Waals surface area contributed by atoms with E-state index in [1.807, 2.05) is 49.4 Å². The molecule has 0 saturated heterocycles. The van der Waals surface area contributed by atoms with Crippen LogP contribution in [0.3, 0.4) is 0 Å². The Hall–Kier alpha value is -2.22. The van der Waals surface area contributed by atoms with Gasteiger partial charge >= 0.3 is 0 Å². The molecule has 116 valence electrons. The molecule has 23 heavy (non-hydrogen) atoms. The average molecular weight is 419 g/mol. The smallest absolute Gasteiger partial charge is 0.252 e. The molecule has 0 atom stereocenters. The molecule has 1 aromatic heterocycles. The summed E-state index contributed by atoms with van der Waals surface area (Å²) in [5.41, 5.74) is 2.68. The summed E-state index contributed by atoms with van der Waals surface area (Å²) in [6, 6.07) is 15.3. The molecule has 2 aromatic carbocycles. The van der Waals surface area contributed by atoms with Gasteiger partial charge in [-0.15, -0.1) is 0 Å². The molecule has 1 heterocycles. The van der Waals surface area contributed by atoms with Gasteiger partial charge in [0.25, 0.3) is 5.91 Å². The maximum atomic E-state index is 12.1. The van der Waals surface area contributed by atoms with Crippen molar-refractivity contribution in [1.29, 1.82) is 0 Å². The van der Waals surface area contributed by atoms with E-state index in [4.69, 9.17) is 4.52 Å². The van der Waals surface area contributed by atoms with Crippen molar-refractivity contribution in [1.82, 2.24) is 15.5 Å². The van der Waals surface area contributed by atoms with Gasteiger partial charge in [-0.2, -0.15) is 4.98 Å². The van der Waals surface area contributed by atoms with Gasteiger partial charge in [0.05, 0.1) is 12.1 Å². The van der Waals surface area contributed by atoms with Gasteiger partial charge in [0, 0.05) is 9.13 Å². The van der Waals surface area contributed by atoms with Crippen molar-refractivity contribution in [3.05, 3.63) is 69.1 Å². The summed E-state index contributed by atoms with van der Waals surface area (Å²) >= 11 is 2.13. The van der Waals surface area contributed by atoms with Gasteiger partial charge < -0.3 is 9.84 Å². The van der Waals surface area contributed by atoms with Crippen LogP contribution in [0.25, 0.3) is 11.4 Å². The van der Waals surface area contributed by atoms with Crippen LogP contribution in [-0.2, 0) is 6.54 Å². The molecule has 1 amide bonds. The highest BCUT2D eigenvalue weighted by molar-refractivity contribution is 14.1. The number of carbonyl (C=O) groups is 1. The molecular weight excluding hydrogens is 405 g/mol. The van der Waals surface area contributed by atoms with E-state index in [2.05, 4.69) is 38.0 Å². The van der Waals surface area contributed by atoms with E-state index in [-0.39, 0.29) is 12.5 Å². The second-order valence-corrected chi connectivity index (χ2v) is 6.20. The lowest BCUT2D eigenvalue weighted by molar-refractivity contribution is 0.0945. The quantitative estimate of drug-likeness (QED) is 0.657. The molecule has 0 saturated carbocycles. The van der Waals surface area contributed by atoms with Crippen LogP contribution < -0.4 is 5.32 Å². The second kappa shape index (κ2) is 6.91. The summed E-state index contributed by atoms with van der Waals surface area (Å²) in [4.78, 5) is 16.5. The predicted octanol–water partition coefficient (Wildman–Crippen LogP) is 3.58. The number of carbonyl (C=O) groups excluding carboxylic acids is 1. The van der Waals surface area contributed by atoms with Crippen molar-refractivity contribution >= 4 is 28.5 Å². The van der Waals surface area contributed by atoms with E-state index in [1.54, 1.807) is 6.07 Å². The number of benzene rings is 2. The van der Waals surface area contributed by atoms with E-state index >= 15 is 0 Å². The van der Waals surface area contributed by atoms with Crippen LogP contribution in [0, 0.1) is 10.5 Å². The number of nitrogens with one attached hydrogen (secondary N) is 1. The largest absolute Gasteiger partial charge is 0.343 e. The standard InChI is InChI=1S/C17H14IN3O2/c1-11-6-8-12(9-7-11)16-20-15(23-21-16)10-19-17(22)13-4-2-3-5-14(13)18/h2-9H,10H2,1H3,(H,19,22). The highest BCUT2D eigenvalue weighted by Gasteiger charge is 2.12. The van der Waals surface area contributed by atoms with Gasteiger partial charge in [0.1, 0.15) is 0 Å². The molecule has 0 bridgehead atoms. The van der Waals surface area contributed by atoms with Gasteiger partial charge in [-0.25, -0.2) is 0 Å². The minimum atomic E-state index is -0.162. The van der Waals surface area contributed by atoms with Crippen LogP contribution in [0.15, 0.2) is 53.1 Å². The van der Waals surface area contributed by atoms with E-state index in [1.165, 1.54) is 5.56 Å². The number of amides is 1. The number of nitrogens with zero attached hydrogens (tertiary/aromatic N) is 2. The molecule has 0 aliphatic carbocycles. The molecule has 0 aliphatic rings. The Balaban J connectivity index is 1.67. The molecule has 0 spiro atoms. The Bertz CT molecular complexity index is 828. The lowest BCUT2D eigenvalue weighted by Gasteiger charge is -2.04. The van der Waals surface area contributed by atoms with Crippen molar-refractivity contribution in [2.24, 2.45) is 0 Å². The molecule has 0 radical (unpaired) electrons. The second-order valence-electron chi connectivity index (χ2n) is 5.04. The third kappa shape index (κ3) is 3.76. The number of halogens is 1. The number of rotatable bonds is 4. The van der Waals surface area contributed by atoms with E-state index < -0.39 is 0 Å². The Morgan fingerprint density at radius 3 is 2.65 bits per heavy atom. The molecule has 0 fully saturated rings. The van der Waals surface area contributed by atoms with Crippen molar-refractivity contribution in [2.45, 2.75) is 13.5 Å². The number of hydrogen-bond donors (Lipinski definition) is 1. The fourth-order valence-corrected chi connectivity index (χ4v) is 2.68. The Morgan fingerprint density at radius 2 is 1.91 bits per heavy atom. The summed E-state index contributed by atoms with van der Waals surface area (Å²) in [6.45, 7) is 2.22. The van der Waals surface area contributed by atoms with Gasteiger partial charge in [-0.3, -0.25) is 4.79 Å². The minimum absolute atomic E-state index is 0.162. The summed E-state index contributed by atoms with van der Waals surface area (Å²) in [7, 11) is 0. The molecule has 3 aromatic rings. The van der Waals surface area contributed by atoms with E-state index in [0.717, 1.165) is 9.13 Å². The lowest BCUT2D eigenvalue weighted by atomic mass is 10.1. The topological polar surface area (TPSA) is 68.0 Å². The van der Waals surface area contributed by atoms with E-state index in [0.29, 0.717) is 17.3 Å². The summed E-state index contributed by atoms with van der Waals surface area (Å²) in [6.07, 6.45) is 0. The SMILES string of the molecule is Cc1ccc(-c2noc(CNC(=O)c3ccccc3I)n2)cc1. The van der Waals surface area contributed by atoms with Crippen LogP contribution in [-0.4, -0.2) is 16.0 Å². The van der Waals surface area contributed by atoms with Crippen molar-refractivity contribution in [3.8, 4) is 11.4 Å². The Kier molecular flexibility index (Phi) is 4.71. The molecule has 0 unspecified atom stereocenters. The Labute approximate surface area is 147 Å². The summed E-state index contributed by atoms with van der Waals surface area (Å²) < 4.78 is 6.08. The predicted molar refractivity (Wildman–Crippen MR) is 94.8 cm³/mol. The zero-order chi connectivity index (χ0) is 16.2. The molecule has 6 heteroatoms. The van der Waals surface area contributed by atoms with Gasteiger partial charge in [-0.1, -0.05) is 47.1 Å². The Morgan fingerprint density at radius 1 is 1.17 bits per heavy atom. The first-order valence-electron chi connectivity index (χ1n) is 7.06. The van der Waals surface area contributed by atoms with Crippen LogP contribution in [0.2, 0.25) is 0 Å². The maximum absolute atomic E-state index is 12.1. The van der Waals surface area contributed by atoms with Crippen molar-refractivity contribution in [3.63, 3.8) is 0 Å². The van der Waals surface area contributed by atoms with Gasteiger partial charge in [0.15, 0.2) is 0 Å². The monoisotopic (exact) mass is 419 g/mol. The van der Waals surface area contributed by atoms with Crippen LogP contribution in [0.4, 0.5) is 0 Å². The van der Waals surface area contributed by atoms with Crippen LogP contribution in [0.5, 0.6) is 0 Å². The summed E-state index contributed by atoms with van der Waals surface area (Å²) in [5, 5.41) is 6.74. The molecule has 3 rings (SSSR count). The number of aryl methyl sites for hydroxylation is 1. The lowest BCUT2D eigenvalue weighted by Crippen LogP contribution is -2.23. The third-order valence-corrected chi connectivity index (χ3v) is 4.24. The van der Waals surface area contributed by atoms with Crippen molar-refractivity contribution < 1.29 is 9.32 Å². The average Bonchev–Trinajstić information content (AvgIpc) is 3.03. The normalized spacial score (nSPS) is 10.5. The van der Waals surface area contributed by atoms with E-state index in [9.17, 15) is 4.79 Å². The molecule has 1 N–H and O–H groups in total.